The van der Waals surface area contributed by atoms with Gasteiger partial charge in [0.15, 0.2) is 16.7 Å². The molecule has 1 aliphatic rings. The molecule has 0 aliphatic carbocycles. The van der Waals surface area contributed by atoms with E-state index >= 15 is 0 Å². The smallest absolute Gasteiger partial charge is 0.253 e. The summed E-state index contributed by atoms with van der Waals surface area (Å²) in [4.78, 5) is 33.2. The molecule has 1 atom stereocenters. The number of amides is 1. The first-order valence-corrected chi connectivity index (χ1v) is 13.5. The quantitative estimate of drug-likeness (QED) is 0.230. The number of nitrogens with one attached hydrogen (secondary N) is 1. The van der Waals surface area contributed by atoms with Crippen molar-refractivity contribution < 1.29 is 19.0 Å². The van der Waals surface area contributed by atoms with Crippen molar-refractivity contribution in [3.8, 4) is 28.5 Å². The van der Waals surface area contributed by atoms with Gasteiger partial charge in [-0.2, -0.15) is 5.10 Å². The minimum absolute atomic E-state index is 0.0321. The second-order valence-electron chi connectivity index (χ2n) is 8.94. The van der Waals surface area contributed by atoms with Crippen LogP contribution in [0.5, 0.6) is 17.2 Å². The van der Waals surface area contributed by atoms with E-state index < -0.39 is 0 Å². The molecule has 1 N–H and O–H groups in total. The standard InChI is InChI=1S/C30H28N4O5S/c1-37-22-12-9-20(10-13-22)24-16-25(21-11-14-26(38-2)27(15-21)39-3)34(33-24)29(36)18-40-30-31-23(17-28(35)32-30)19-7-5-4-6-8-19/h4-15,17,25H,16,18H2,1-3H3,(H,31,32,35). The number of hydrogen-bond acceptors (Lipinski definition) is 8. The fraction of sp³-hybridized carbons (Fsp3) is 0.200. The summed E-state index contributed by atoms with van der Waals surface area (Å²) >= 11 is 1.16. The van der Waals surface area contributed by atoms with E-state index in [-0.39, 0.29) is 23.3 Å². The molecular formula is C30H28N4O5S. The number of hydrogen-bond donors (Lipinski definition) is 1. The molecule has 0 fully saturated rings. The first-order valence-electron chi connectivity index (χ1n) is 12.5. The van der Waals surface area contributed by atoms with Gasteiger partial charge < -0.3 is 19.2 Å². The number of H-pyrrole nitrogens is 1. The van der Waals surface area contributed by atoms with Crippen molar-refractivity contribution in [3.63, 3.8) is 0 Å². The maximum atomic E-state index is 13.6. The van der Waals surface area contributed by atoms with E-state index in [0.29, 0.717) is 28.8 Å². The fourth-order valence-electron chi connectivity index (χ4n) is 4.47. The predicted molar refractivity (Wildman–Crippen MR) is 154 cm³/mol. The summed E-state index contributed by atoms with van der Waals surface area (Å²) in [7, 11) is 4.77. The van der Waals surface area contributed by atoms with Crippen molar-refractivity contribution in [2.75, 3.05) is 27.1 Å². The van der Waals surface area contributed by atoms with Gasteiger partial charge in [0.05, 0.1) is 44.5 Å². The number of benzene rings is 3. The number of carbonyl (C=O) groups excluding carboxylic acids is 1. The van der Waals surface area contributed by atoms with Crippen LogP contribution in [-0.4, -0.2) is 53.7 Å². The number of aromatic amines is 1. The summed E-state index contributed by atoms with van der Waals surface area (Å²) < 4.78 is 16.2. The van der Waals surface area contributed by atoms with Gasteiger partial charge >= 0.3 is 0 Å². The molecule has 1 aromatic heterocycles. The van der Waals surface area contributed by atoms with Gasteiger partial charge in [-0.15, -0.1) is 0 Å². The number of carbonyl (C=O) groups is 1. The molecule has 204 valence electrons. The molecule has 0 bridgehead atoms. The maximum Gasteiger partial charge on any atom is 0.253 e. The molecule has 40 heavy (non-hydrogen) atoms. The zero-order valence-electron chi connectivity index (χ0n) is 22.3. The van der Waals surface area contributed by atoms with Crippen molar-refractivity contribution in [3.05, 3.63) is 100 Å². The molecule has 1 aliphatic heterocycles. The number of methoxy groups -OCH3 is 3. The van der Waals surface area contributed by atoms with E-state index in [4.69, 9.17) is 19.3 Å². The summed E-state index contributed by atoms with van der Waals surface area (Å²) in [6, 6.07) is 23.7. The van der Waals surface area contributed by atoms with Crippen molar-refractivity contribution in [1.29, 1.82) is 0 Å². The Kier molecular flexibility index (Phi) is 8.16. The number of nitrogens with zero attached hydrogens (tertiary/aromatic N) is 3. The molecule has 4 aromatic rings. The largest absolute Gasteiger partial charge is 0.497 e. The lowest BCUT2D eigenvalue weighted by atomic mass is 9.98. The maximum absolute atomic E-state index is 13.6. The summed E-state index contributed by atoms with van der Waals surface area (Å²) in [5.74, 6) is 1.72. The monoisotopic (exact) mass is 556 g/mol. The van der Waals surface area contributed by atoms with Crippen LogP contribution in [0.3, 0.4) is 0 Å². The second kappa shape index (κ2) is 12.1. The van der Waals surface area contributed by atoms with E-state index in [0.717, 1.165) is 39.9 Å². The predicted octanol–water partition coefficient (Wildman–Crippen LogP) is 4.93. The average molecular weight is 557 g/mol. The third-order valence-corrected chi connectivity index (χ3v) is 7.36. The van der Waals surface area contributed by atoms with Crippen LogP contribution in [0.25, 0.3) is 11.3 Å². The third-order valence-electron chi connectivity index (χ3n) is 6.50. The summed E-state index contributed by atoms with van der Waals surface area (Å²) in [6.07, 6.45) is 0.511. The Balaban J connectivity index is 1.42. The highest BCUT2D eigenvalue weighted by Gasteiger charge is 2.33. The zero-order valence-corrected chi connectivity index (χ0v) is 23.1. The minimum atomic E-state index is -0.354. The van der Waals surface area contributed by atoms with Crippen LogP contribution in [0.15, 0.2) is 93.9 Å². The molecule has 0 saturated carbocycles. The highest BCUT2D eigenvalue weighted by atomic mass is 32.2. The van der Waals surface area contributed by atoms with Crippen LogP contribution >= 0.6 is 11.8 Å². The highest BCUT2D eigenvalue weighted by Crippen LogP contribution is 2.38. The molecule has 1 amide bonds. The first kappa shape index (κ1) is 27.0. The molecule has 5 rings (SSSR count). The minimum Gasteiger partial charge on any atom is -0.497 e. The van der Waals surface area contributed by atoms with Crippen LogP contribution in [0.2, 0.25) is 0 Å². The van der Waals surface area contributed by atoms with E-state index in [1.54, 1.807) is 21.3 Å². The lowest BCUT2D eigenvalue weighted by Gasteiger charge is -2.22. The number of ether oxygens (including phenoxy) is 3. The Hall–Kier alpha value is -4.57. The summed E-state index contributed by atoms with van der Waals surface area (Å²) in [5, 5.41) is 6.62. The van der Waals surface area contributed by atoms with Crippen LogP contribution in [0.4, 0.5) is 0 Å². The first-order chi connectivity index (χ1) is 19.5. The molecular weight excluding hydrogens is 528 g/mol. The van der Waals surface area contributed by atoms with Gasteiger partial charge in [-0.3, -0.25) is 9.59 Å². The molecule has 0 radical (unpaired) electrons. The van der Waals surface area contributed by atoms with Crippen molar-refractivity contribution in [2.24, 2.45) is 5.10 Å². The number of rotatable bonds is 9. The zero-order chi connectivity index (χ0) is 28.1. The second-order valence-corrected chi connectivity index (χ2v) is 9.90. The van der Waals surface area contributed by atoms with Gasteiger partial charge in [0.25, 0.3) is 11.5 Å². The molecule has 9 nitrogen and oxygen atoms in total. The average Bonchev–Trinajstić information content (AvgIpc) is 3.45. The van der Waals surface area contributed by atoms with Gasteiger partial charge in [-0.1, -0.05) is 48.2 Å². The lowest BCUT2D eigenvalue weighted by molar-refractivity contribution is -0.130. The topological polar surface area (TPSA) is 106 Å². The molecule has 0 saturated heterocycles. The van der Waals surface area contributed by atoms with Gasteiger partial charge in [-0.05, 0) is 47.5 Å². The number of aromatic nitrogens is 2. The van der Waals surface area contributed by atoms with Gasteiger partial charge in [0.1, 0.15) is 5.75 Å². The van der Waals surface area contributed by atoms with Crippen LogP contribution in [-0.2, 0) is 4.79 Å². The molecule has 0 spiro atoms. The van der Waals surface area contributed by atoms with Crippen LogP contribution in [0, 0.1) is 0 Å². The Bertz CT molecular complexity index is 1590. The fourth-order valence-corrected chi connectivity index (χ4v) is 5.20. The normalized spacial score (nSPS) is 14.5. The Labute approximate surface area is 235 Å². The molecule has 2 heterocycles. The Morgan fingerprint density at radius 1 is 0.925 bits per heavy atom. The molecule has 10 heteroatoms. The van der Waals surface area contributed by atoms with Crippen LogP contribution in [0.1, 0.15) is 23.6 Å². The Morgan fingerprint density at radius 2 is 1.68 bits per heavy atom. The van der Waals surface area contributed by atoms with E-state index in [9.17, 15) is 9.59 Å². The molecule has 3 aromatic carbocycles. The summed E-state index contributed by atoms with van der Waals surface area (Å²) in [5.41, 5.74) is 3.62. The summed E-state index contributed by atoms with van der Waals surface area (Å²) in [6.45, 7) is 0. The van der Waals surface area contributed by atoms with Crippen molar-refractivity contribution in [1.82, 2.24) is 15.0 Å². The van der Waals surface area contributed by atoms with Crippen LogP contribution < -0.4 is 19.8 Å². The van der Waals surface area contributed by atoms with E-state index in [1.807, 2.05) is 72.8 Å². The SMILES string of the molecule is COc1ccc(C2=NN(C(=O)CSc3nc(-c4ccccc4)cc(=O)[nH]3)C(c3ccc(OC)c(OC)c3)C2)cc1. The number of thioether (sulfide) groups is 1. The van der Waals surface area contributed by atoms with Gasteiger partial charge in [0, 0.05) is 18.1 Å². The number of hydrazone groups is 1. The highest BCUT2D eigenvalue weighted by molar-refractivity contribution is 7.99. The van der Waals surface area contributed by atoms with Crippen molar-refractivity contribution in [2.45, 2.75) is 17.6 Å². The van der Waals surface area contributed by atoms with Gasteiger partial charge in [0.2, 0.25) is 0 Å². The molecule has 1 unspecified atom stereocenters. The van der Waals surface area contributed by atoms with E-state index in [2.05, 4.69) is 9.97 Å². The van der Waals surface area contributed by atoms with E-state index in [1.165, 1.54) is 11.1 Å². The Morgan fingerprint density at radius 3 is 2.38 bits per heavy atom. The van der Waals surface area contributed by atoms with Gasteiger partial charge in [-0.25, -0.2) is 9.99 Å². The lowest BCUT2D eigenvalue weighted by Crippen LogP contribution is -2.28. The van der Waals surface area contributed by atoms with Crippen molar-refractivity contribution >= 4 is 23.4 Å². The third kappa shape index (κ3) is 5.86.